The Morgan fingerprint density at radius 2 is 1.71 bits per heavy atom. The van der Waals surface area contributed by atoms with Gasteiger partial charge in [0.05, 0.1) is 0 Å². The van der Waals surface area contributed by atoms with Gasteiger partial charge in [-0.3, -0.25) is 11.3 Å². The van der Waals surface area contributed by atoms with Crippen LogP contribution in [-0.4, -0.2) is 11.8 Å². The molecule has 0 radical (unpaired) electrons. The van der Waals surface area contributed by atoms with Gasteiger partial charge in [-0.15, -0.1) is 11.8 Å². The standard InChI is InChI=1S/C15H15F3N2S/c16-11-2-4-13(5-3-11)21-9-12(20-19)7-10-1-6-14(17)15(18)8-10/h1-6,8,12,20H,7,9,19H2. The lowest BCUT2D eigenvalue weighted by Crippen LogP contribution is -2.38. The number of halogens is 3. The molecule has 21 heavy (non-hydrogen) atoms. The van der Waals surface area contributed by atoms with Gasteiger partial charge in [0.2, 0.25) is 0 Å². The molecule has 1 unspecified atom stereocenters. The third-order valence-electron chi connectivity index (χ3n) is 2.97. The fourth-order valence-corrected chi connectivity index (χ4v) is 2.78. The summed E-state index contributed by atoms with van der Waals surface area (Å²) in [4.78, 5) is 0.918. The average Bonchev–Trinajstić information content (AvgIpc) is 2.49. The molecule has 0 aliphatic heterocycles. The maximum Gasteiger partial charge on any atom is 0.159 e. The van der Waals surface area contributed by atoms with Crippen LogP contribution >= 0.6 is 11.8 Å². The van der Waals surface area contributed by atoms with Crippen molar-refractivity contribution >= 4 is 11.8 Å². The minimum Gasteiger partial charge on any atom is -0.271 e. The Bertz CT molecular complexity index is 590. The Kier molecular flexibility index (Phi) is 5.67. The van der Waals surface area contributed by atoms with Crippen LogP contribution in [0.25, 0.3) is 0 Å². The van der Waals surface area contributed by atoms with Crippen LogP contribution in [0, 0.1) is 17.5 Å². The summed E-state index contributed by atoms with van der Waals surface area (Å²) in [7, 11) is 0. The van der Waals surface area contributed by atoms with Crippen molar-refractivity contribution in [2.75, 3.05) is 5.75 Å². The number of thioether (sulfide) groups is 1. The minimum absolute atomic E-state index is 0.107. The second-order valence-electron chi connectivity index (χ2n) is 4.58. The van der Waals surface area contributed by atoms with E-state index in [0.717, 1.165) is 11.0 Å². The molecule has 0 bridgehead atoms. The summed E-state index contributed by atoms with van der Waals surface area (Å²) in [6, 6.07) is 9.85. The Morgan fingerprint density at radius 1 is 1.00 bits per heavy atom. The molecule has 2 aromatic carbocycles. The van der Waals surface area contributed by atoms with Crippen molar-refractivity contribution in [3.63, 3.8) is 0 Å². The first-order valence-electron chi connectivity index (χ1n) is 6.37. The Hall–Kier alpha value is -1.50. The van der Waals surface area contributed by atoms with Gasteiger partial charge in [0, 0.05) is 16.7 Å². The van der Waals surface area contributed by atoms with E-state index in [0.29, 0.717) is 17.7 Å². The van der Waals surface area contributed by atoms with E-state index < -0.39 is 11.6 Å². The van der Waals surface area contributed by atoms with Gasteiger partial charge in [0.15, 0.2) is 11.6 Å². The first-order valence-corrected chi connectivity index (χ1v) is 7.35. The van der Waals surface area contributed by atoms with Gasteiger partial charge in [-0.25, -0.2) is 13.2 Å². The highest BCUT2D eigenvalue weighted by Gasteiger charge is 2.11. The van der Waals surface area contributed by atoms with E-state index >= 15 is 0 Å². The largest absolute Gasteiger partial charge is 0.271 e. The Labute approximate surface area is 125 Å². The van der Waals surface area contributed by atoms with Crippen molar-refractivity contribution in [2.24, 2.45) is 5.84 Å². The number of hydrazine groups is 1. The summed E-state index contributed by atoms with van der Waals surface area (Å²) in [5.41, 5.74) is 3.32. The van der Waals surface area contributed by atoms with E-state index in [9.17, 15) is 13.2 Å². The maximum atomic E-state index is 13.2. The Morgan fingerprint density at radius 3 is 2.33 bits per heavy atom. The second kappa shape index (κ2) is 7.49. The number of nitrogens with one attached hydrogen (secondary N) is 1. The quantitative estimate of drug-likeness (QED) is 0.488. The van der Waals surface area contributed by atoms with Crippen LogP contribution < -0.4 is 11.3 Å². The van der Waals surface area contributed by atoms with E-state index in [1.54, 1.807) is 12.1 Å². The molecule has 0 amide bonds. The van der Waals surface area contributed by atoms with Crippen LogP contribution in [0.15, 0.2) is 47.4 Å². The zero-order valence-corrected chi connectivity index (χ0v) is 12.0. The number of hydrogen-bond acceptors (Lipinski definition) is 3. The summed E-state index contributed by atoms with van der Waals surface area (Å²) in [6.07, 6.45) is 0.474. The van der Waals surface area contributed by atoms with Crippen LogP contribution in [-0.2, 0) is 6.42 Å². The van der Waals surface area contributed by atoms with E-state index in [4.69, 9.17) is 5.84 Å². The lowest BCUT2D eigenvalue weighted by Gasteiger charge is -2.15. The first-order chi connectivity index (χ1) is 10.1. The van der Waals surface area contributed by atoms with Crippen LogP contribution in [0.5, 0.6) is 0 Å². The lowest BCUT2D eigenvalue weighted by atomic mass is 10.1. The van der Waals surface area contributed by atoms with Crippen molar-refractivity contribution < 1.29 is 13.2 Å². The fraction of sp³-hybridized carbons (Fsp3) is 0.200. The maximum absolute atomic E-state index is 13.2. The smallest absolute Gasteiger partial charge is 0.159 e. The predicted octanol–water partition coefficient (Wildman–Crippen LogP) is 3.27. The normalized spacial score (nSPS) is 12.4. The van der Waals surface area contributed by atoms with Gasteiger partial charge in [0.25, 0.3) is 0 Å². The molecule has 1 atom stereocenters. The molecule has 2 aromatic rings. The topological polar surface area (TPSA) is 38.0 Å². The van der Waals surface area contributed by atoms with Crippen LogP contribution in [0.2, 0.25) is 0 Å². The monoisotopic (exact) mass is 312 g/mol. The van der Waals surface area contributed by atoms with Crippen molar-refractivity contribution in [1.29, 1.82) is 0 Å². The van der Waals surface area contributed by atoms with Crippen molar-refractivity contribution in [1.82, 2.24) is 5.43 Å². The van der Waals surface area contributed by atoms with Crippen molar-refractivity contribution in [3.8, 4) is 0 Å². The summed E-state index contributed by atoms with van der Waals surface area (Å²) in [6.45, 7) is 0. The molecule has 0 aliphatic rings. The summed E-state index contributed by atoms with van der Waals surface area (Å²) < 4.78 is 38.8. The molecule has 2 rings (SSSR count). The van der Waals surface area contributed by atoms with Gasteiger partial charge in [0.1, 0.15) is 5.82 Å². The average molecular weight is 312 g/mol. The molecule has 0 fully saturated rings. The highest BCUT2D eigenvalue weighted by Crippen LogP contribution is 2.20. The van der Waals surface area contributed by atoms with Gasteiger partial charge < -0.3 is 0 Å². The van der Waals surface area contributed by atoms with Crippen molar-refractivity contribution in [3.05, 3.63) is 65.5 Å². The first kappa shape index (κ1) is 15.9. The number of hydrogen-bond donors (Lipinski definition) is 2. The van der Waals surface area contributed by atoms with E-state index in [2.05, 4.69) is 5.43 Å². The van der Waals surface area contributed by atoms with Crippen LogP contribution in [0.3, 0.4) is 0 Å². The summed E-state index contributed by atoms with van der Waals surface area (Å²) in [5.74, 6) is 4.10. The minimum atomic E-state index is -0.866. The van der Waals surface area contributed by atoms with E-state index in [1.165, 1.54) is 36.0 Å². The molecule has 0 heterocycles. The Balaban J connectivity index is 1.93. The highest BCUT2D eigenvalue weighted by atomic mass is 32.2. The van der Waals surface area contributed by atoms with E-state index in [-0.39, 0.29) is 11.9 Å². The highest BCUT2D eigenvalue weighted by molar-refractivity contribution is 7.99. The molecule has 3 N–H and O–H groups in total. The summed E-state index contributed by atoms with van der Waals surface area (Å²) >= 11 is 1.51. The molecule has 0 aromatic heterocycles. The predicted molar refractivity (Wildman–Crippen MR) is 78.3 cm³/mol. The molecule has 112 valence electrons. The van der Waals surface area contributed by atoms with Gasteiger partial charge in [-0.2, -0.15) is 0 Å². The van der Waals surface area contributed by atoms with Gasteiger partial charge in [-0.1, -0.05) is 6.07 Å². The van der Waals surface area contributed by atoms with Gasteiger partial charge in [-0.05, 0) is 48.4 Å². The third-order valence-corrected chi connectivity index (χ3v) is 4.14. The molecule has 0 aliphatic carbocycles. The SMILES string of the molecule is NNC(CSc1ccc(F)cc1)Cc1ccc(F)c(F)c1. The second-order valence-corrected chi connectivity index (χ2v) is 5.67. The summed E-state index contributed by atoms with van der Waals surface area (Å²) in [5, 5.41) is 0. The number of benzene rings is 2. The molecular weight excluding hydrogens is 297 g/mol. The lowest BCUT2D eigenvalue weighted by molar-refractivity contribution is 0.504. The van der Waals surface area contributed by atoms with Crippen LogP contribution in [0.1, 0.15) is 5.56 Å². The van der Waals surface area contributed by atoms with Crippen LogP contribution in [0.4, 0.5) is 13.2 Å². The molecule has 0 saturated heterocycles. The number of rotatable bonds is 6. The van der Waals surface area contributed by atoms with Crippen molar-refractivity contribution in [2.45, 2.75) is 17.4 Å². The van der Waals surface area contributed by atoms with E-state index in [1.807, 2.05) is 0 Å². The van der Waals surface area contributed by atoms with Gasteiger partial charge >= 0.3 is 0 Å². The fourth-order valence-electron chi connectivity index (χ4n) is 1.84. The zero-order valence-electron chi connectivity index (χ0n) is 11.2. The molecular formula is C15H15F3N2S. The molecule has 2 nitrogen and oxygen atoms in total. The third kappa shape index (κ3) is 4.77. The molecule has 6 heteroatoms. The molecule has 0 saturated carbocycles. The molecule has 0 spiro atoms. The zero-order chi connectivity index (χ0) is 15.2. The number of nitrogens with two attached hydrogens (primary N) is 1.